The molecule has 0 radical (unpaired) electrons. The zero-order chi connectivity index (χ0) is 21.5. The lowest BCUT2D eigenvalue weighted by Gasteiger charge is -2.47. The van der Waals surface area contributed by atoms with E-state index in [0.29, 0.717) is 5.56 Å². The zero-order valence-corrected chi connectivity index (χ0v) is 16.4. The number of rotatable bonds is 4. The maximum Gasteiger partial charge on any atom is 0.269 e. The molecule has 2 heterocycles. The van der Waals surface area contributed by atoms with Crippen LogP contribution in [0, 0.1) is 10.1 Å². The van der Waals surface area contributed by atoms with Crippen LogP contribution in [0.5, 0.6) is 0 Å². The molecule has 0 aliphatic carbocycles. The number of aliphatic hydroxyl groups is 4. The Balaban J connectivity index is 1.83. The topological polar surface area (TPSA) is 180 Å². The van der Waals surface area contributed by atoms with Crippen LogP contribution >= 0.6 is 24.0 Å². The third kappa shape index (κ3) is 4.00. The Kier molecular flexibility index (Phi) is 6.50. The molecule has 158 valence electrons. The SMILES string of the molecule is N[C@H]1C(=O)N([C@@H]2O[C@H](CO)[C@@H](O)[C@H](O)[C@H]2O)C(=S)S[C@H]1c1ccc([N+](=O)[O-])cc1. The molecule has 1 amide bonds. The van der Waals surface area contributed by atoms with Crippen molar-refractivity contribution in [3.63, 3.8) is 0 Å². The monoisotopic (exact) mass is 445 g/mol. The highest BCUT2D eigenvalue weighted by molar-refractivity contribution is 8.23. The Morgan fingerprint density at radius 1 is 1.21 bits per heavy atom. The van der Waals surface area contributed by atoms with E-state index in [9.17, 15) is 35.3 Å². The molecule has 1 aromatic rings. The van der Waals surface area contributed by atoms with E-state index < -0.39 is 59.4 Å². The van der Waals surface area contributed by atoms with Crippen LogP contribution in [-0.2, 0) is 9.53 Å². The number of thiocarbonyl (C=S) groups is 1. The number of carbonyl (C=O) groups excluding carboxylic acids is 1. The Morgan fingerprint density at radius 3 is 2.38 bits per heavy atom. The van der Waals surface area contributed by atoms with Gasteiger partial charge in [0.15, 0.2) is 6.23 Å². The molecular weight excluding hydrogens is 426 g/mol. The fourth-order valence-corrected chi connectivity index (χ4v) is 4.79. The Bertz CT molecular complexity index is 808. The van der Waals surface area contributed by atoms with E-state index in [1.807, 2.05) is 0 Å². The van der Waals surface area contributed by atoms with Gasteiger partial charge in [0.25, 0.3) is 5.69 Å². The summed E-state index contributed by atoms with van der Waals surface area (Å²) in [4.78, 5) is 24.1. The van der Waals surface area contributed by atoms with Crippen LogP contribution in [0.25, 0.3) is 0 Å². The maximum absolute atomic E-state index is 12.9. The lowest BCUT2D eigenvalue weighted by atomic mass is 9.97. The second-order valence-electron chi connectivity index (χ2n) is 6.61. The highest BCUT2D eigenvalue weighted by Crippen LogP contribution is 2.40. The highest BCUT2D eigenvalue weighted by atomic mass is 32.2. The van der Waals surface area contributed by atoms with Crippen LogP contribution in [0.15, 0.2) is 24.3 Å². The predicted molar refractivity (Wildman–Crippen MR) is 105 cm³/mol. The lowest BCUT2D eigenvalue weighted by Crippen LogP contribution is -2.67. The molecule has 0 saturated carbocycles. The number of thioether (sulfide) groups is 1. The maximum atomic E-state index is 12.9. The second kappa shape index (κ2) is 8.57. The number of hydrogen-bond donors (Lipinski definition) is 5. The molecule has 0 unspecified atom stereocenters. The third-order valence-electron chi connectivity index (χ3n) is 4.83. The minimum atomic E-state index is -1.68. The molecule has 2 aliphatic heterocycles. The van der Waals surface area contributed by atoms with Gasteiger partial charge >= 0.3 is 0 Å². The lowest BCUT2D eigenvalue weighted by molar-refractivity contribution is -0.384. The second-order valence-corrected chi connectivity index (χ2v) is 8.38. The van der Waals surface area contributed by atoms with E-state index in [0.717, 1.165) is 16.7 Å². The van der Waals surface area contributed by atoms with Gasteiger partial charge < -0.3 is 30.9 Å². The number of hydrogen-bond acceptors (Lipinski definition) is 11. The van der Waals surface area contributed by atoms with Gasteiger partial charge in [-0.3, -0.25) is 19.8 Å². The van der Waals surface area contributed by atoms with Gasteiger partial charge in [-0.1, -0.05) is 36.1 Å². The van der Waals surface area contributed by atoms with Gasteiger partial charge in [0.05, 0.1) is 16.8 Å². The van der Waals surface area contributed by atoms with Gasteiger partial charge in [0.1, 0.15) is 34.8 Å². The fourth-order valence-electron chi connectivity index (χ4n) is 3.20. The first-order valence-electron chi connectivity index (χ1n) is 8.51. The molecule has 11 nitrogen and oxygen atoms in total. The minimum absolute atomic E-state index is 0.00406. The van der Waals surface area contributed by atoms with Crippen molar-refractivity contribution in [2.24, 2.45) is 5.73 Å². The van der Waals surface area contributed by atoms with Crippen LogP contribution in [-0.4, -0.2) is 83.8 Å². The average Bonchev–Trinajstić information content (AvgIpc) is 2.70. The first-order valence-corrected chi connectivity index (χ1v) is 9.80. The average molecular weight is 445 g/mol. The number of ether oxygens (including phenoxy) is 1. The summed E-state index contributed by atoms with van der Waals surface area (Å²) >= 11 is 6.31. The van der Waals surface area contributed by atoms with Crippen molar-refractivity contribution in [2.45, 2.75) is 41.9 Å². The van der Waals surface area contributed by atoms with Crippen LogP contribution in [0.2, 0.25) is 0 Å². The largest absolute Gasteiger partial charge is 0.394 e. The van der Waals surface area contributed by atoms with Gasteiger partial charge in [-0.25, -0.2) is 0 Å². The fraction of sp³-hybridized carbons (Fsp3) is 0.500. The number of nitrogens with two attached hydrogens (primary N) is 1. The summed E-state index contributed by atoms with van der Waals surface area (Å²) in [6.45, 7) is -0.652. The van der Waals surface area contributed by atoms with Crippen molar-refractivity contribution in [3.05, 3.63) is 39.9 Å². The first-order chi connectivity index (χ1) is 13.7. The quantitative estimate of drug-likeness (QED) is 0.209. The molecule has 13 heteroatoms. The van der Waals surface area contributed by atoms with Gasteiger partial charge in [0.2, 0.25) is 5.91 Å². The summed E-state index contributed by atoms with van der Waals surface area (Å²) in [6, 6.07) is 4.42. The summed E-state index contributed by atoms with van der Waals surface area (Å²) < 4.78 is 5.41. The van der Waals surface area contributed by atoms with Crippen LogP contribution in [0.3, 0.4) is 0 Å². The molecule has 29 heavy (non-hydrogen) atoms. The van der Waals surface area contributed by atoms with E-state index in [1.165, 1.54) is 24.3 Å². The Morgan fingerprint density at radius 2 is 1.83 bits per heavy atom. The molecule has 2 aliphatic rings. The number of benzene rings is 1. The molecule has 0 bridgehead atoms. The first kappa shape index (κ1) is 22.0. The molecule has 1 aromatic carbocycles. The van der Waals surface area contributed by atoms with E-state index in [4.69, 9.17) is 22.7 Å². The van der Waals surface area contributed by atoms with Crippen molar-refractivity contribution in [3.8, 4) is 0 Å². The third-order valence-corrected chi connectivity index (χ3v) is 6.53. The summed E-state index contributed by atoms with van der Waals surface area (Å²) in [7, 11) is 0. The normalized spacial score (nSPS) is 35.6. The van der Waals surface area contributed by atoms with Crippen LogP contribution in [0.1, 0.15) is 10.8 Å². The molecule has 0 aromatic heterocycles. The molecular formula is C16H19N3O8S2. The van der Waals surface area contributed by atoms with Crippen molar-refractivity contribution in [1.82, 2.24) is 4.90 Å². The molecule has 7 atom stereocenters. The van der Waals surface area contributed by atoms with E-state index in [2.05, 4.69) is 0 Å². The summed E-state index contributed by atoms with van der Waals surface area (Å²) in [5, 5.41) is 49.7. The van der Waals surface area contributed by atoms with E-state index >= 15 is 0 Å². The molecule has 0 spiro atoms. The number of non-ortho nitro benzene ring substituents is 1. The molecule has 6 N–H and O–H groups in total. The van der Waals surface area contributed by atoms with Gasteiger partial charge in [-0.05, 0) is 5.56 Å². The van der Waals surface area contributed by atoms with Crippen molar-refractivity contribution >= 4 is 39.9 Å². The standard InChI is InChI=1S/C16H19N3O8S2/c17-9-13(6-1-3-7(4-2-6)19(25)26)29-16(28)18(14(9)24)15-12(23)11(22)10(21)8(5-20)27-15/h1-4,8-13,15,20-23H,5,17H2/t8-,9-,10-,11+,12-,13+,15-/m1/s1. The number of nitro groups is 1. The van der Waals surface area contributed by atoms with Crippen LogP contribution < -0.4 is 5.73 Å². The number of aliphatic hydroxyl groups excluding tert-OH is 4. The van der Waals surface area contributed by atoms with Crippen molar-refractivity contribution in [2.75, 3.05) is 6.61 Å². The number of amides is 1. The van der Waals surface area contributed by atoms with Crippen LogP contribution in [0.4, 0.5) is 5.69 Å². The number of nitrogens with zero attached hydrogens (tertiary/aromatic N) is 2. The number of carbonyl (C=O) groups is 1. The van der Waals surface area contributed by atoms with Gasteiger partial charge in [-0.2, -0.15) is 0 Å². The summed E-state index contributed by atoms with van der Waals surface area (Å²) in [6.07, 6.45) is -7.58. The van der Waals surface area contributed by atoms with E-state index in [-0.39, 0.29) is 10.0 Å². The molecule has 3 rings (SSSR count). The Labute approximate surface area is 174 Å². The van der Waals surface area contributed by atoms with Gasteiger partial charge in [-0.15, -0.1) is 0 Å². The summed E-state index contributed by atoms with van der Waals surface area (Å²) in [5.74, 6) is -0.693. The predicted octanol–water partition coefficient (Wildman–Crippen LogP) is -1.38. The van der Waals surface area contributed by atoms with Crippen molar-refractivity contribution in [1.29, 1.82) is 0 Å². The Hall–Kier alpha value is -1.71. The van der Waals surface area contributed by atoms with E-state index in [1.54, 1.807) is 0 Å². The minimum Gasteiger partial charge on any atom is -0.394 e. The smallest absolute Gasteiger partial charge is 0.269 e. The summed E-state index contributed by atoms with van der Waals surface area (Å²) in [5.41, 5.74) is 6.52. The molecule has 2 saturated heterocycles. The van der Waals surface area contributed by atoms with Crippen molar-refractivity contribution < 1.29 is 34.9 Å². The highest BCUT2D eigenvalue weighted by Gasteiger charge is 2.51. The number of nitro benzene ring substituents is 1. The molecule has 2 fully saturated rings. The van der Waals surface area contributed by atoms with Gasteiger partial charge in [0, 0.05) is 12.1 Å². The zero-order valence-electron chi connectivity index (χ0n) is 14.8.